The number of aromatic nitrogens is 2. The van der Waals surface area contributed by atoms with Crippen LogP contribution in [0, 0.1) is 27.2 Å². The van der Waals surface area contributed by atoms with Crippen LogP contribution in [0.25, 0.3) is 0 Å². The van der Waals surface area contributed by atoms with E-state index in [0.717, 1.165) is 35.0 Å². The van der Waals surface area contributed by atoms with Crippen molar-refractivity contribution in [3.05, 3.63) is 79.6 Å². The molecule has 2 aromatic carbocycles. The lowest BCUT2D eigenvalue weighted by Crippen LogP contribution is -2.14. The summed E-state index contributed by atoms with van der Waals surface area (Å²) in [5.41, 5.74) is -2.67. The Kier molecular flexibility index (Phi) is 6.02. The van der Waals surface area contributed by atoms with Crippen molar-refractivity contribution in [3.8, 4) is 11.5 Å². The van der Waals surface area contributed by atoms with Gasteiger partial charge in [0.15, 0.2) is 0 Å². The van der Waals surface area contributed by atoms with Gasteiger partial charge in [0.1, 0.15) is 17.2 Å². The van der Waals surface area contributed by atoms with Crippen molar-refractivity contribution < 1.29 is 32.5 Å². The molecule has 3 rings (SSSR count). The molecule has 0 radical (unpaired) electrons. The minimum Gasteiger partial charge on any atom is -0.457 e. The smallest absolute Gasteiger partial charge is 0.416 e. The first-order valence-electron chi connectivity index (χ1n) is 9.00. The summed E-state index contributed by atoms with van der Waals surface area (Å²) in [6.07, 6.45) is -4.63. The van der Waals surface area contributed by atoms with Crippen molar-refractivity contribution >= 4 is 23.0 Å². The highest BCUT2D eigenvalue weighted by molar-refractivity contribution is 6.06. The number of nitrogens with one attached hydrogen (secondary N) is 1. The van der Waals surface area contributed by atoms with E-state index in [9.17, 15) is 38.2 Å². The lowest BCUT2D eigenvalue weighted by Gasteiger charge is -2.11. The molecule has 0 saturated carbocycles. The molecule has 33 heavy (non-hydrogen) atoms. The van der Waals surface area contributed by atoms with Gasteiger partial charge in [0.05, 0.1) is 27.2 Å². The van der Waals surface area contributed by atoms with Gasteiger partial charge in [-0.15, -0.1) is 0 Å². The van der Waals surface area contributed by atoms with Gasteiger partial charge in [-0.3, -0.25) is 29.7 Å². The Morgan fingerprint density at radius 1 is 1.09 bits per heavy atom. The van der Waals surface area contributed by atoms with Crippen LogP contribution in [0.5, 0.6) is 11.5 Å². The van der Waals surface area contributed by atoms with Gasteiger partial charge in [0, 0.05) is 19.2 Å². The Balaban J connectivity index is 1.95. The fraction of sp³-hybridized carbons (Fsp3) is 0.158. The molecule has 0 aliphatic heterocycles. The molecule has 0 atom stereocenters. The summed E-state index contributed by atoms with van der Waals surface area (Å²) in [6.45, 7) is 1.39. The van der Waals surface area contributed by atoms with E-state index in [1.165, 1.54) is 20.0 Å². The maximum absolute atomic E-state index is 12.9. The molecule has 172 valence electrons. The summed E-state index contributed by atoms with van der Waals surface area (Å²) in [4.78, 5) is 33.6. The van der Waals surface area contributed by atoms with E-state index in [4.69, 9.17) is 4.74 Å². The Labute approximate surface area is 182 Å². The minimum atomic E-state index is -4.63. The zero-order chi connectivity index (χ0) is 24.5. The number of nitro benzene ring substituents is 1. The third-order valence-corrected chi connectivity index (χ3v) is 4.46. The standard InChI is InChI=1S/C19H14F3N5O6/c1-10-17(27(31)32)16(24-25(10)2)18(28)23-12-7-13(26(29)30)9-15(8-12)33-14-5-3-4-11(6-14)19(20,21)22/h3-9H,1-2H3,(H,23,28). The number of nitrogens with zero attached hydrogens (tertiary/aromatic N) is 4. The van der Waals surface area contributed by atoms with E-state index in [1.54, 1.807) is 0 Å². The van der Waals surface area contributed by atoms with Gasteiger partial charge >= 0.3 is 11.9 Å². The fourth-order valence-electron chi connectivity index (χ4n) is 2.85. The number of hydrogen-bond donors (Lipinski definition) is 1. The van der Waals surface area contributed by atoms with Gasteiger partial charge in [-0.1, -0.05) is 6.07 Å². The second kappa shape index (κ2) is 8.57. The van der Waals surface area contributed by atoms with E-state index >= 15 is 0 Å². The van der Waals surface area contributed by atoms with E-state index < -0.39 is 44.6 Å². The van der Waals surface area contributed by atoms with Crippen LogP contribution in [0.1, 0.15) is 21.7 Å². The molecule has 0 bridgehead atoms. The zero-order valence-corrected chi connectivity index (χ0v) is 16.9. The number of benzene rings is 2. The summed E-state index contributed by atoms with van der Waals surface area (Å²) in [7, 11) is 1.40. The van der Waals surface area contributed by atoms with Crippen molar-refractivity contribution in [2.45, 2.75) is 13.1 Å². The van der Waals surface area contributed by atoms with Crippen molar-refractivity contribution in [2.24, 2.45) is 7.05 Å². The van der Waals surface area contributed by atoms with Crippen LogP contribution >= 0.6 is 0 Å². The van der Waals surface area contributed by atoms with Crippen LogP contribution in [0.2, 0.25) is 0 Å². The van der Waals surface area contributed by atoms with Crippen molar-refractivity contribution in [2.75, 3.05) is 5.32 Å². The Bertz CT molecular complexity index is 1270. The number of carbonyl (C=O) groups is 1. The SMILES string of the molecule is Cc1c([N+](=O)[O-])c(C(=O)Nc2cc(Oc3cccc(C(F)(F)F)c3)cc([N+](=O)[O-])c2)nn1C. The fourth-order valence-corrected chi connectivity index (χ4v) is 2.85. The first-order chi connectivity index (χ1) is 15.4. The molecule has 0 saturated heterocycles. The molecule has 14 heteroatoms. The van der Waals surface area contributed by atoms with Crippen molar-refractivity contribution in [3.63, 3.8) is 0 Å². The van der Waals surface area contributed by atoms with Crippen LogP contribution in [0.15, 0.2) is 42.5 Å². The summed E-state index contributed by atoms with van der Waals surface area (Å²) in [5, 5.41) is 28.6. The molecule has 1 N–H and O–H groups in total. The van der Waals surface area contributed by atoms with Crippen LogP contribution in [-0.2, 0) is 13.2 Å². The number of anilines is 1. The largest absolute Gasteiger partial charge is 0.457 e. The van der Waals surface area contributed by atoms with Crippen LogP contribution in [0.4, 0.5) is 30.2 Å². The number of alkyl halides is 3. The molecule has 1 aromatic heterocycles. The highest BCUT2D eigenvalue weighted by Crippen LogP contribution is 2.34. The second-order valence-electron chi connectivity index (χ2n) is 6.72. The quantitative estimate of drug-likeness (QED) is 0.414. The molecular formula is C19H14F3N5O6. The maximum atomic E-state index is 12.9. The predicted molar refractivity (Wildman–Crippen MR) is 107 cm³/mol. The van der Waals surface area contributed by atoms with Gasteiger partial charge in [-0.25, -0.2) is 0 Å². The van der Waals surface area contributed by atoms with Crippen LogP contribution < -0.4 is 10.1 Å². The summed E-state index contributed by atoms with van der Waals surface area (Å²) >= 11 is 0. The Morgan fingerprint density at radius 2 is 1.79 bits per heavy atom. The number of halogens is 3. The Morgan fingerprint density at radius 3 is 2.39 bits per heavy atom. The second-order valence-corrected chi connectivity index (χ2v) is 6.72. The third-order valence-electron chi connectivity index (χ3n) is 4.46. The summed E-state index contributed by atoms with van der Waals surface area (Å²) in [5.74, 6) is -1.51. The van der Waals surface area contributed by atoms with E-state index in [0.29, 0.717) is 6.07 Å². The van der Waals surface area contributed by atoms with Crippen molar-refractivity contribution in [1.29, 1.82) is 0 Å². The molecule has 0 unspecified atom stereocenters. The summed E-state index contributed by atoms with van der Waals surface area (Å²) < 4.78 is 45.2. The van der Waals surface area contributed by atoms with Gasteiger partial charge in [-0.2, -0.15) is 18.3 Å². The number of carbonyl (C=O) groups excluding carboxylic acids is 1. The summed E-state index contributed by atoms with van der Waals surface area (Å²) in [6, 6.07) is 6.87. The number of rotatable bonds is 6. The highest BCUT2D eigenvalue weighted by Gasteiger charge is 2.31. The normalized spacial score (nSPS) is 11.2. The number of hydrogen-bond acceptors (Lipinski definition) is 7. The van der Waals surface area contributed by atoms with E-state index in [-0.39, 0.29) is 22.9 Å². The topological polar surface area (TPSA) is 142 Å². The maximum Gasteiger partial charge on any atom is 0.416 e. The number of non-ortho nitro benzene ring substituents is 1. The number of nitro groups is 2. The van der Waals surface area contributed by atoms with Gasteiger partial charge in [0.2, 0.25) is 5.69 Å². The predicted octanol–water partition coefficient (Wildman–Crippen LogP) is 4.61. The molecule has 1 heterocycles. The third kappa shape index (κ3) is 5.06. The Hall–Kier alpha value is -4.49. The minimum absolute atomic E-state index is 0.109. The molecule has 3 aromatic rings. The molecule has 0 fully saturated rings. The number of aryl methyl sites for hydroxylation is 1. The number of amides is 1. The first-order valence-corrected chi connectivity index (χ1v) is 9.00. The van der Waals surface area contributed by atoms with Crippen molar-refractivity contribution in [1.82, 2.24) is 9.78 Å². The molecule has 0 aliphatic carbocycles. The molecular weight excluding hydrogens is 451 g/mol. The van der Waals surface area contributed by atoms with E-state index in [2.05, 4.69) is 10.4 Å². The lowest BCUT2D eigenvalue weighted by atomic mass is 10.2. The monoisotopic (exact) mass is 465 g/mol. The van der Waals surface area contributed by atoms with Gasteiger partial charge in [0.25, 0.3) is 11.6 Å². The van der Waals surface area contributed by atoms with Gasteiger partial charge < -0.3 is 10.1 Å². The highest BCUT2D eigenvalue weighted by atomic mass is 19.4. The first kappa shape index (κ1) is 23.2. The number of ether oxygens (including phenoxy) is 1. The lowest BCUT2D eigenvalue weighted by molar-refractivity contribution is -0.385. The molecule has 0 aliphatic rings. The molecule has 0 spiro atoms. The van der Waals surface area contributed by atoms with E-state index in [1.807, 2.05) is 0 Å². The van der Waals surface area contributed by atoms with Crippen LogP contribution in [0.3, 0.4) is 0 Å². The average molecular weight is 465 g/mol. The van der Waals surface area contributed by atoms with Crippen LogP contribution in [-0.4, -0.2) is 25.5 Å². The zero-order valence-electron chi connectivity index (χ0n) is 16.9. The molecule has 1 amide bonds. The average Bonchev–Trinajstić information content (AvgIpc) is 3.02. The molecule has 11 nitrogen and oxygen atoms in total. The van der Waals surface area contributed by atoms with Gasteiger partial charge in [-0.05, 0) is 25.1 Å².